The largest absolute Gasteiger partial charge is 0.264 e. The van der Waals surface area contributed by atoms with E-state index in [1.165, 1.54) is 36.7 Å². The van der Waals surface area contributed by atoms with Crippen molar-refractivity contribution in [1.29, 1.82) is 0 Å². The molecule has 5 heteroatoms. The van der Waals surface area contributed by atoms with Gasteiger partial charge >= 0.3 is 0 Å². The summed E-state index contributed by atoms with van der Waals surface area (Å²) >= 11 is 1.86. The van der Waals surface area contributed by atoms with Crippen LogP contribution in [0, 0.1) is 0 Å². The molecule has 228 valence electrons. The van der Waals surface area contributed by atoms with Gasteiger partial charge in [0.2, 0.25) is 0 Å². The fourth-order valence-corrected chi connectivity index (χ4v) is 8.29. The number of hydrogen-bond acceptors (Lipinski definition) is 5. The topological polar surface area (TPSA) is 51.6 Å². The molecule has 4 nitrogen and oxygen atoms in total. The van der Waals surface area contributed by atoms with Crippen LogP contribution < -0.4 is 0 Å². The summed E-state index contributed by atoms with van der Waals surface area (Å²) in [6, 6.07) is 45.4. The number of rotatable bonds is 4. The summed E-state index contributed by atoms with van der Waals surface area (Å²) in [5.41, 5.74) is 10.5. The van der Waals surface area contributed by atoms with Gasteiger partial charge in [0.25, 0.3) is 0 Å². The number of hydrogen-bond donors (Lipinski definition) is 0. The monoisotopic (exact) mass is 642 g/mol. The Bertz CT molecular complexity index is 2890. The fraction of sp³-hybridized carbons (Fsp3) is 0. The minimum absolute atomic E-state index is 0.880. The molecule has 5 aromatic carbocycles. The Kier molecular flexibility index (Phi) is 6.32. The van der Waals surface area contributed by atoms with E-state index < -0.39 is 0 Å². The molecule has 0 unspecified atom stereocenters. The molecule has 0 bridgehead atoms. The first-order valence-electron chi connectivity index (χ1n) is 16.3. The molecular weight excluding hydrogens is 617 g/mol. The Morgan fingerprint density at radius 3 is 2.12 bits per heavy atom. The van der Waals surface area contributed by atoms with Crippen molar-refractivity contribution in [2.24, 2.45) is 0 Å². The lowest BCUT2D eigenvalue weighted by Crippen LogP contribution is -1.91. The summed E-state index contributed by atoms with van der Waals surface area (Å²) in [6.45, 7) is 0. The molecule has 0 saturated heterocycles. The second kappa shape index (κ2) is 11.2. The lowest BCUT2D eigenvalue weighted by Gasteiger charge is -2.14. The summed E-state index contributed by atoms with van der Waals surface area (Å²) in [4.78, 5) is 18.8. The standard InChI is InChI=1S/C44H26N4S/c1-2-12-41-37(8-1)38-11-4-10-36(44(38)49-41)33-22-31(21-32(23-33)35-9-3-6-27-17-19-45-26-39(27)35)30-15-16-40(47-24-30)34-20-29-14-13-28-7-5-18-46-42(28)43(29)48-25-34/h1-26H. The van der Waals surface area contributed by atoms with Crippen LogP contribution in [0.1, 0.15) is 0 Å². The smallest absolute Gasteiger partial charge is 0.0965 e. The molecule has 0 fully saturated rings. The number of benzene rings is 5. The summed E-state index contributed by atoms with van der Waals surface area (Å²) in [7, 11) is 0. The molecule has 0 aliphatic rings. The molecule has 10 rings (SSSR count). The predicted molar refractivity (Wildman–Crippen MR) is 205 cm³/mol. The van der Waals surface area contributed by atoms with Crippen molar-refractivity contribution in [1.82, 2.24) is 19.9 Å². The summed E-state index contributed by atoms with van der Waals surface area (Å²) in [5.74, 6) is 0. The quantitative estimate of drug-likeness (QED) is 0.179. The van der Waals surface area contributed by atoms with Crippen molar-refractivity contribution in [2.75, 3.05) is 0 Å². The van der Waals surface area contributed by atoms with E-state index in [1.807, 2.05) is 48.4 Å². The third-order valence-electron chi connectivity index (χ3n) is 9.46. The molecule has 10 aromatic rings. The average molecular weight is 643 g/mol. The van der Waals surface area contributed by atoms with Crippen LogP contribution in [0.15, 0.2) is 158 Å². The molecule has 0 aliphatic carbocycles. The maximum atomic E-state index is 4.96. The highest BCUT2D eigenvalue weighted by atomic mass is 32.1. The maximum absolute atomic E-state index is 4.96. The molecule has 49 heavy (non-hydrogen) atoms. The zero-order chi connectivity index (χ0) is 32.3. The molecule has 0 amide bonds. The molecule has 0 radical (unpaired) electrons. The SMILES string of the molecule is c1cc(-c2cc(-c3ccc(-c4cnc5c(ccc6cccnc65)c4)nc3)cc(-c3cccc4c3sc3ccccc34)c2)c2cnccc2c1. The second-order valence-corrected chi connectivity index (χ2v) is 13.4. The van der Waals surface area contributed by atoms with E-state index >= 15 is 0 Å². The lowest BCUT2D eigenvalue weighted by atomic mass is 9.91. The number of nitrogens with zero attached hydrogens (tertiary/aromatic N) is 4. The normalized spacial score (nSPS) is 11.7. The molecular formula is C44H26N4S. The van der Waals surface area contributed by atoms with Crippen LogP contribution in [-0.4, -0.2) is 19.9 Å². The van der Waals surface area contributed by atoms with Crippen LogP contribution in [0.5, 0.6) is 0 Å². The van der Waals surface area contributed by atoms with Gasteiger partial charge in [0.1, 0.15) is 0 Å². The Balaban J connectivity index is 1.12. The van der Waals surface area contributed by atoms with Crippen LogP contribution >= 0.6 is 11.3 Å². The second-order valence-electron chi connectivity index (χ2n) is 12.4. The van der Waals surface area contributed by atoms with Crippen LogP contribution in [0.25, 0.3) is 97.4 Å². The molecule has 0 N–H and O–H groups in total. The number of pyridine rings is 4. The fourth-order valence-electron chi connectivity index (χ4n) is 7.06. The summed E-state index contributed by atoms with van der Waals surface area (Å²) in [5, 5.41) is 7.03. The predicted octanol–water partition coefficient (Wildman–Crippen LogP) is 11.8. The number of aromatic nitrogens is 4. The van der Waals surface area contributed by atoms with Gasteiger partial charge in [-0.2, -0.15) is 0 Å². The van der Waals surface area contributed by atoms with Crippen molar-refractivity contribution in [3.63, 3.8) is 0 Å². The first-order chi connectivity index (χ1) is 24.3. The van der Waals surface area contributed by atoms with Crippen LogP contribution in [0.4, 0.5) is 0 Å². The van der Waals surface area contributed by atoms with Gasteiger partial charge in [-0.1, -0.05) is 78.9 Å². The highest BCUT2D eigenvalue weighted by Crippen LogP contribution is 2.42. The third kappa shape index (κ3) is 4.66. The molecule has 5 aromatic heterocycles. The van der Waals surface area contributed by atoms with Crippen molar-refractivity contribution in [3.8, 4) is 44.6 Å². The zero-order valence-electron chi connectivity index (χ0n) is 26.2. The van der Waals surface area contributed by atoms with Gasteiger partial charge in [-0.3, -0.25) is 19.9 Å². The minimum Gasteiger partial charge on any atom is -0.264 e. The van der Waals surface area contributed by atoms with Crippen molar-refractivity contribution in [2.45, 2.75) is 0 Å². The first-order valence-corrected chi connectivity index (χ1v) is 17.1. The minimum atomic E-state index is 0.880. The average Bonchev–Trinajstić information content (AvgIpc) is 3.56. The van der Waals surface area contributed by atoms with Crippen molar-refractivity contribution in [3.05, 3.63) is 158 Å². The Morgan fingerprint density at radius 2 is 1.18 bits per heavy atom. The van der Waals surface area contributed by atoms with E-state index in [-0.39, 0.29) is 0 Å². The molecule has 0 spiro atoms. The molecule has 0 aliphatic heterocycles. The van der Waals surface area contributed by atoms with Gasteiger partial charge in [-0.25, -0.2) is 0 Å². The van der Waals surface area contributed by atoms with E-state index in [4.69, 9.17) is 9.97 Å². The highest BCUT2D eigenvalue weighted by Gasteiger charge is 2.15. The van der Waals surface area contributed by atoms with E-state index in [1.54, 1.807) is 0 Å². The van der Waals surface area contributed by atoms with E-state index in [0.29, 0.717) is 0 Å². The summed E-state index contributed by atoms with van der Waals surface area (Å²) < 4.78 is 2.60. The number of fused-ring (bicyclic) bond motifs is 7. The van der Waals surface area contributed by atoms with Gasteiger partial charge in [-0.15, -0.1) is 11.3 Å². The molecule has 0 atom stereocenters. The van der Waals surface area contributed by atoms with Gasteiger partial charge in [0, 0.05) is 78.4 Å². The van der Waals surface area contributed by atoms with Gasteiger partial charge < -0.3 is 0 Å². The van der Waals surface area contributed by atoms with E-state index in [2.05, 4.69) is 131 Å². The molecule has 5 heterocycles. The third-order valence-corrected chi connectivity index (χ3v) is 10.7. The van der Waals surface area contributed by atoms with Gasteiger partial charge in [0.05, 0.1) is 16.7 Å². The number of thiophene rings is 1. The van der Waals surface area contributed by atoms with Gasteiger partial charge in [-0.05, 0) is 81.7 Å². The van der Waals surface area contributed by atoms with Crippen LogP contribution in [0.3, 0.4) is 0 Å². The zero-order valence-corrected chi connectivity index (χ0v) is 27.0. The maximum Gasteiger partial charge on any atom is 0.0965 e. The Hall–Kier alpha value is -6.30. The van der Waals surface area contributed by atoms with Crippen LogP contribution in [0.2, 0.25) is 0 Å². The molecule has 0 saturated carbocycles. The van der Waals surface area contributed by atoms with E-state index in [0.717, 1.165) is 60.7 Å². The van der Waals surface area contributed by atoms with Gasteiger partial charge in [0.15, 0.2) is 0 Å². The van der Waals surface area contributed by atoms with Crippen molar-refractivity contribution < 1.29 is 0 Å². The summed E-state index contributed by atoms with van der Waals surface area (Å²) in [6.07, 6.45) is 9.52. The Morgan fingerprint density at radius 1 is 0.408 bits per heavy atom. The van der Waals surface area contributed by atoms with E-state index in [9.17, 15) is 0 Å². The van der Waals surface area contributed by atoms with Crippen LogP contribution in [-0.2, 0) is 0 Å². The Labute approximate surface area is 286 Å². The first kappa shape index (κ1) is 27.8. The highest BCUT2D eigenvalue weighted by molar-refractivity contribution is 7.26. The van der Waals surface area contributed by atoms with Crippen molar-refractivity contribution >= 4 is 64.1 Å². The lowest BCUT2D eigenvalue weighted by molar-refractivity contribution is 1.30.